The van der Waals surface area contributed by atoms with Gasteiger partial charge in [0.25, 0.3) is 11.5 Å². The van der Waals surface area contributed by atoms with Crippen molar-refractivity contribution in [3.63, 3.8) is 0 Å². The molecule has 0 bridgehead atoms. The van der Waals surface area contributed by atoms with Gasteiger partial charge < -0.3 is 24.4 Å². The van der Waals surface area contributed by atoms with E-state index in [4.69, 9.17) is 14.2 Å². The number of hydrogen-bond donors (Lipinski definition) is 4. The van der Waals surface area contributed by atoms with Crippen LogP contribution in [-0.4, -0.2) is 74.3 Å². The molecule has 1 aliphatic heterocycles. The average Bonchev–Trinajstić information content (AvgIpc) is 3.33. The molecule has 4 N–H and O–H groups in total. The van der Waals surface area contributed by atoms with Gasteiger partial charge in [-0.3, -0.25) is 24.5 Å². The van der Waals surface area contributed by atoms with E-state index in [1.165, 1.54) is 18.0 Å². The van der Waals surface area contributed by atoms with Crippen LogP contribution in [0.4, 0.5) is 5.95 Å². The maximum Gasteiger partial charge on any atom is 0.280 e. The Kier molecular flexibility index (Phi) is 5.95. The van der Waals surface area contributed by atoms with Crippen LogP contribution in [0.5, 0.6) is 5.75 Å². The van der Waals surface area contributed by atoms with E-state index in [1.54, 1.807) is 24.3 Å². The molecular weight excluding hydrogens is 410 g/mol. The normalized spacial score (nSPS) is 23.2. The van der Waals surface area contributed by atoms with Crippen LogP contribution in [0.2, 0.25) is 0 Å². The molecule has 0 saturated carbocycles. The number of H-pyrrole nitrogens is 1. The van der Waals surface area contributed by atoms with Crippen LogP contribution in [0.15, 0.2) is 41.5 Å². The summed E-state index contributed by atoms with van der Waals surface area (Å²) in [7, 11) is 1.39. The number of fused-ring (bicyclic) bond motifs is 1. The fraction of sp³-hybridized carbons (Fsp3) is 0.368. The van der Waals surface area contributed by atoms with E-state index < -0.39 is 42.6 Å². The fourth-order valence-electron chi connectivity index (χ4n) is 3.35. The van der Waals surface area contributed by atoms with Crippen molar-refractivity contribution >= 4 is 23.0 Å². The highest BCUT2D eigenvalue weighted by Crippen LogP contribution is 2.32. The highest BCUT2D eigenvalue weighted by atomic mass is 16.6. The molecule has 31 heavy (non-hydrogen) atoms. The first-order valence-corrected chi connectivity index (χ1v) is 9.43. The SMILES string of the molecule is CO[C@H]1C(O)[C@@H](CO)O[C@H]1n1cnc2c(=O)[nH]c(NC(=O)COc3ccccc3)nc21. The second-order valence-corrected chi connectivity index (χ2v) is 6.83. The van der Waals surface area contributed by atoms with Crippen LogP contribution >= 0.6 is 0 Å². The molecule has 1 fully saturated rings. The number of rotatable bonds is 7. The van der Waals surface area contributed by atoms with Crippen LogP contribution in [-0.2, 0) is 14.3 Å². The minimum absolute atomic E-state index is 0.0129. The van der Waals surface area contributed by atoms with Gasteiger partial charge in [0.2, 0.25) is 5.95 Å². The zero-order valence-electron chi connectivity index (χ0n) is 16.5. The molecule has 12 heteroatoms. The molecule has 164 valence electrons. The number of benzene rings is 1. The monoisotopic (exact) mass is 431 g/mol. The molecule has 1 saturated heterocycles. The van der Waals surface area contributed by atoms with Crippen LogP contribution in [0, 0.1) is 0 Å². The van der Waals surface area contributed by atoms with Crippen molar-refractivity contribution in [3.05, 3.63) is 47.0 Å². The standard InChI is InChI=1S/C19H21N5O7/c1-29-15-14(27)11(7-25)31-18(15)24-9-20-13-16(24)22-19(23-17(13)28)21-12(26)8-30-10-5-3-2-4-6-10/h2-6,9,11,14-15,18,25,27H,7-8H2,1H3,(H2,21,22,23,26,28)/t11-,14?,15+,18-/m1/s1. The molecule has 3 heterocycles. The van der Waals surface area contributed by atoms with Crippen LogP contribution in [0.25, 0.3) is 11.2 Å². The summed E-state index contributed by atoms with van der Waals surface area (Å²) in [5, 5.41) is 22.1. The summed E-state index contributed by atoms with van der Waals surface area (Å²) in [6, 6.07) is 8.79. The van der Waals surface area contributed by atoms with Crippen molar-refractivity contribution in [2.45, 2.75) is 24.5 Å². The number of aromatic nitrogens is 4. The second-order valence-electron chi connectivity index (χ2n) is 6.83. The summed E-state index contributed by atoms with van der Waals surface area (Å²) in [5.41, 5.74) is -0.450. The summed E-state index contributed by atoms with van der Waals surface area (Å²) in [6.07, 6.45) is -2.35. The lowest BCUT2D eigenvalue weighted by atomic mass is 10.1. The van der Waals surface area contributed by atoms with Gasteiger partial charge in [0.15, 0.2) is 24.0 Å². The first kappa shape index (κ1) is 20.9. The van der Waals surface area contributed by atoms with E-state index in [9.17, 15) is 19.8 Å². The summed E-state index contributed by atoms with van der Waals surface area (Å²) in [4.78, 5) is 35.4. The van der Waals surface area contributed by atoms with Gasteiger partial charge in [-0.2, -0.15) is 4.98 Å². The van der Waals surface area contributed by atoms with Gasteiger partial charge in [-0.25, -0.2) is 4.98 Å². The first-order valence-electron chi connectivity index (χ1n) is 9.43. The number of anilines is 1. The number of imidazole rings is 1. The number of aliphatic hydroxyl groups is 2. The number of ether oxygens (including phenoxy) is 3. The quantitative estimate of drug-likeness (QED) is 0.383. The Bertz CT molecular complexity index is 1120. The van der Waals surface area contributed by atoms with E-state index in [2.05, 4.69) is 20.3 Å². The summed E-state index contributed by atoms with van der Waals surface area (Å²) in [6.45, 7) is -0.701. The summed E-state index contributed by atoms with van der Waals surface area (Å²) >= 11 is 0. The number of nitrogens with one attached hydrogen (secondary N) is 2. The lowest BCUT2D eigenvalue weighted by Gasteiger charge is -2.20. The number of carbonyl (C=O) groups is 1. The van der Waals surface area contributed by atoms with Gasteiger partial charge in [0, 0.05) is 7.11 Å². The van der Waals surface area contributed by atoms with Gasteiger partial charge in [0.1, 0.15) is 24.1 Å². The second kappa shape index (κ2) is 8.81. The predicted molar refractivity (Wildman–Crippen MR) is 107 cm³/mol. The number of hydrogen-bond acceptors (Lipinski definition) is 9. The van der Waals surface area contributed by atoms with E-state index in [0.29, 0.717) is 5.75 Å². The number of methoxy groups -OCH3 is 1. The highest BCUT2D eigenvalue weighted by Gasteiger charge is 2.45. The lowest BCUT2D eigenvalue weighted by molar-refractivity contribution is -0.118. The van der Waals surface area contributed by atoms with Gasteiger partial charge in [-0.15, -0.1) is 0 Å². The number of carbonyl (C=O) groups excluding carboxylic acids is 1. The van der Waals surface area contributed by atoms with Crippen molar-refractivity contribution in [1.29, 1.82) is 0 Å². The Labute approximate surface area is 175 Å². The third-order valence-electron chi connectivity index (χ3n) is 4.84. The molecular formula is C19H21N5O7. The number of amides is 1. The van der Waals surface area contributed by atoms with E-state index in [-0.39, 0.29) is 23.7 Å². The molecule has 4 rings (SSSR count). The molecule has 12 nitrogen and oxygen atoms in total. The number of aromatic amines is 1. The third-order valence-corrected chi connectivity index (χ3v) is 4.84. The maximum absolute atomic E-state index is 12.4. The van der Waals surface area contributed by atoms with Crippen molar-refractivity contribution in [2.75, 3.05) is 25.6 Å². The largest absolute Gasteiger partial charge is 0.484 e. The van der Waals surface area contributed by atoms with Crippen molar-refractivity contribution < 1.29 is 29.2 Å². The molecule has 0 aliphatic carbocycles. The maximum atomic E-state index is 12.4. The van der Waals surface area contributed by atoms with Gasteiger partial charge in [0.05, 0.1) is 12.9 Å². The molecule has 1 unspecified atom stereocenters. The minimum atomic E-state index is -1.09. The third kappa shape index (κ3) is 4.14. The molecule has 0 radical (unpaired) electrons. The van der Waals surface area contributed by atoms with Crippen LogP contribution in [0.3, 0.4) is 0 Å². The van der Waals surface area contributed by atoms with E-state index in [0.717, 1.165) is 0 Å². The Morgan fingerprint density at radius 2 is 2.13 bits per heavy atom. The number of para-hydroxylation sites is 1. The number of aliphatic hydroxyl groups excluding tert-OH is 2. The van der Waals surface area contributed by atoms with Crippen LogP contribution in [0.1, 0.15) is 6.23 Å². The Balaban J connectivity index is 1.56. The average molecular weight is 431 g/mol. The van der Waals surface area contributed by atoms with Crippen molar-refractivity contribution in [1.82, 2.24) is 19.5 Å². The zero-order valence-corrected chi connectivity index (χ0v) is 16.5. The summed E-state index contributed by atoms with van der Waals surface area (Å²) < 4.78 is 17.8. The smallest absolute Gasteiger partial charge is 0.280 e. The molecule has 3 aromatic rings. The Morgan fingerprint density at radius 1 is 1.35 bits per heavy atom. The molecule has 0 spiro atoms. The number of nitrogens with zero attached hydrogens (tertiary/aromatic N) is 3. The van der Waals surface area contributed by atoms with Crippen molar-refractivity contribution in [2.24, 2.45) is 0 Å². The lowest BCUT2D eigenvalue weighted by Crippen LogP contribution is -2.34. The fourth-order valence-corrected chi connectivity index (χ4v) is 3.35. The van der Waals surface area contributed by atoms with Crippen LogP contribution < -0.4 is 15.6 Å². The Morgan fingerprint density at radius 3 is 2.84 bits per heavy atom. The molecule has 1 aliphatic rings. The minimum Gasteiger partial charge on any atom is -0.484 e. The van der Waals surface area contributed by atoms with Gasteiger partial charge in [-0.05, 0) is 12.1 Å². The predicted octanol–water partition coefficient (Wildman–Crippen LogP) is -0.597. The molecule has 2 aromatic heterocycles. The Hall–Kier alpha value is -3.32. The van der Waals surface area contributed by atoms with E-state index in [1.807, 2.05) is 6.07 Å². The first-order chi connectivity index (χ1) is 15.0. The highest BCUT2D eigenvalue weighted by molar-refractivity contribution is 5.90. The van der Waals surface area contributed by atoms with E-state index >= 15 is 0 Å². The van der Waals surface area contributed by atoms with Gasteiger partial charge in [-0.1, -0.05) is 18.2 Å². The molecule has 1 amide bonds. The van der Waals surface area contributed by atoms with Crippen molar-refractivity contribution in [3.8, 4) is 5.75 Å². The topological polar surface area (TPSA) is 161 Å². The molecule has 1 aromatic carbocycles. The van der Waals surface area contributed by atoms with Gasteiger partial charge >= 0.3 is 0 Å². The summed E-state index contributed by atoms with van der Waals surface area (Å²) in [5.74, 6) is -0.110. The molecule has 4 atom stereocenters. The zero-order chi connectivity index (χ0) is 22.0.